The van der Waals surface area contributed by atoms with E-state index in [1.807, 2.05) is 24.4 Å². The second-order valence-corrected chi connectivity index (χ2v) is 4.91. The third-order valence-corrected chi connectivity index (χ3v) is 3.76. The molecule has 0 bridgehead atoms. The van der Waals surface area contributed by atoms with Crippen molar-refractivity contribution < 1.29 is 9.63 Å². The highest BCUT2D eigenvalue weighted by Crippen LogP contribution is 2.33. The van der Waals surface area contributed by atoms with Crippen LogP contribution < -0.4 is 0 Å². The van der Waals surface area contributed by atoms with E-state index in [9.17, 15) is 4.79 Å². The first-order valence-corrected chi connectivity index (χ1v) is 6.65. The van der Waals surface area contributed by atoms with Gasteiger partial charge in [-0.1, -0.05) is 30.3 Å². The predicted molar refractivity (Wildman–Crippen MR) is 74.2 cm³/mol. The molecule has 5 nitrogen and oxygen atoms in total. The third-order valence-electron chi connectivity index (χ3n) is 3.76. The summed E-state index contributed by atoms with van der Waals surface area (Å²) in [5.74, 6) is 1.01. The lowest BCUT2D eigenvalue weighted by atomic mass is 9.97. The summed E-state index contributed by atoms with van der Waals surface area (Å²) in [6.07, 6.45) is 2.84. The maximum absolute atomic E-state index is 12.0. The summed E-state index contributed by atoms with van der Waals surface area (Å²) in [5, 5.41) is 1.19. The molecule has 3 rings (SSSR count). The zero-order chi connectivity index (χ0) is 14.1. The van der Waals surface area contributed by atoms with Gasteiger partial charge in [0.1, 0.15) is 11.5 Å². The van der Waals surface area contributed by atoms with Crippen molar-refractivity contribution in [3.63, 3.8) is 0 Å². The first-order valence-electron chi connectivity index (χ1n) is 6.65. The normalized spacial score (nSPS) is 17.0. The summed E-state index contributed by atoms with van der Waals surface area (Å²) < 4.78 is 2.06. The van der Waals surface area contributed by atoms with E-state index in [0.29, 0.717) is 5.69 Å². The second kappa shape index (κ2) is 5.09. The van der Waals surface area contributed by atoms with Crippen LogP contribution in [0.4, 0.5) is 0 Å². The Kier molecular flexibility index (Phi) is 3.28. The van der Waals surface area contributed by atoms with Crippen molar-refractivity contribution in [2.45, 2.75) is 18.9 Å². The largest absolute Gasteiger partial charge is 0.334 e. The Bertz CT molecular complexity index is 621. The number of amides is 1. The van der Waals surface area contributed by atoms with E-state index in [1.165, 1.54) is 17.7 Å². The maximum atomic E-state index is 12.0. The Balaban J connectivity index is 1.91. The Morgan fingerprint density at radius 1 is 1.40 bits per heavy atom. The van der Waals surface area contributed by atoms with E-state index in [1.54, 1.807) is 7.05 Å². The van der Waals surface area contributed by atoms with Crippen LogP contribution in [0.25, 0.3) is 0 Å². The van der Waals surface area contributed by atoms with Gasteiger partial charge in [0.25, 0.3) is 5.91 Å². The quantitative estimate of drug-likeness (QED) is 0.803. The van der Waals surface area contributed by atoms with Crippen LogP contribution in [0.1, 0.15) is 34.2 Å². The van der Waals surface area contributed by atoms with Gasteiger partial charge < -0.3 is 4.57 Å². The van der Waals surface area contributed by atoms with Gasteiger partial charge in [0, 0.05) is 25.7 Å². The SMILES string of the molecule is CON(C)C(=O)c1cn2c(n1)C(c1ccccc1)CC2. The molecule has 20 heavy (non-hydrogen) atoms. The summed E-state index contributed by atoms with van der Waals surface area (Å²) in [7, 11) is 3.05. The van der Waals surface area contributed by atoms with Gasteiger partial charge in [-0.2, -0.15) is 0 Å². The fourth-order valence-electron chi connectivity index (χ4n) is 2.63. The molecule has 2 aromatic rings. The van der Waals surface area contributed by atoms with Crippen molar-refractivity contribution in [3.8, 4) is 0 Å². The molecule has 104 valence electrons. The number of carbonyl (C=O) groups excluding carboxylic acids is 1. The van der Waals surface area contributed by atoms with Crippen LogP contribution in [0.15, 0.2) is 36.5 Å². The molecule has 0 aliphatic carbocycles. The van der Waals surface area contributed by atoms with Gasteiger partial charge in [-0.05, 0) is 12.0 Å². The number of aryl methyl sites for hydroxylation is 1. The maximum Gasteiger partial charge on any atom is 0.297 e. The van der Waals surface area contributed by atoms with Crippen molar-refractivity contribution in [1.29, 1.82) is 0 Å². The van der Waals surface area contributed by atoms with Crippen LogP contribution in [0.3, 0.4) is 0 Å². The lowest BCUT2D eigenvalue weighted by Gasteiger charge is -2.12. The zero-order valence-electron chi connectivity index (χ0n) is 11.6. The van der Waals surface area contributed by atoms with E-state index in [2.05, 4.69) is 21.7 Å². The fourth-order valence-corrected chi connectivity index (χ4v) is 2.63. The van der Waals surface area contributed by atoms with E-state index in [-0.39, 0.29) is 11.8 Å². The molecular weight excluding hydrogens is 254 g/mol. The van der Waals surface area contributed by atoms with Crippen LogP contribution in [0.5, 0.6) is 0 Å². The highest BCUT2D eigenvalue weighted by atomic mass is 16.7. The molecule has 0 saturated carbocycles. The van der Waals surface area contributed by atoms with Gasteiger partial charge >= 0.3 is 0 Å². The third kappa shape index (κ3) is 2.10. The molecular formula is C15H17N3O2. The van der Waals surface area contributed by atoms with Crippen LogP contribution >= 0.6 is 0 Å². The van der Waals surface area contributed by atoms with Crippen molar-refractivity contribution in [2.75, 3.05) is 14.2 Å². The fraction of sp³-hybridized carbons (Fsp3) is 0.333. The Hall–Kier alpha value is -2.14. The van der Waals surface area contributed by atoms with Gasteiger partial charge in [0.15, 0.2) is 0 Å². The number of hydrogen-bond acceptors (Lipinski definition) is 3. The molecule has 0 saturated heterocycles. The second-order valence-electron chi connectivity index (χ2n) is 4.91. The van der Waals surface area contributed by atoms with Crippen LogP contribution in [-0.2, 0) is 11.4 Å². The Morgan fingerprint density at radius 3 is 2.85 bits per heavy atom. The number of rotatable bonds is 3. The molecule has 0 radical (unpaired) electrons. The number of nitrogens with zero attached hydrogens (tertiary/aromatic N) is 3. The number of aromatic nitrogens is 2. The molecule has 2 heterocycles. The number of benzene rings is 1. The van der Waals surface area contributed by atoms with Gasteiger partial charge in [0.2, 0.25) is 0 Å². The minimum Gasteiger partial charge on any atom is -0.334 e. The average molecular weight is 271 g/mol. The van der Waals surface area contributed by atoms with Gasteiger partial charge in [-0.15, -0.1) is 0 Å². The highest BCUT2D eigenvalue weighted by Gasteiger charge is 2.28. The molecule has 1 amide bonds. The molecule has 5 heteroatoms. The van der Waals surface area contributed by atoms with E-state index in [0.717, 1.165) is 18.8 Å². The Morgan fingerprint density at radius 2 is 2.15 bits per heavy atom. The molecule has 1 atom stereocenters. The molecule has 1 aliphatic rings. The standard InChI is InChI=1S/C15H17N3O2/c1-17(20-2)15(19)13-10-18-9-8-12(14(18)16-13)11-6-4-3-5-7-11/h3-7,10,12H,8-9H2,1-2H3. The molecule has 0 N–H and O–H groups in total. The number of hydrogen-bond donors (Lipinski definition) is 0. The number of hydroxylamine groups is 2. The zero-order valence-corrected chi connectivity index (χ0v) is 11.6. The van der Waals surface area contributed by atoms with Crippen molar-refractivity contribution in [2.24, 2.45) is 0 Å². The van der Waals surface area contributed by atoms with Gasteiger partial charge in [-0.3, -0.25) is 9.63 Å². The van der Waals surface area contributed by atoms with Crippen LogP contribution in [0, 0.1) is 0 Å². The van der Waals surface area contributed by atoms with Crippen molar-refractivity contribution >= 4 is 5.91 Å². The molecule has 0 spiro atoms. The van der Waals surface area contributed by atoms with Gasteiger partial charge in [0.05, 0.1) is 7.11 Å². The van der Waals surface area contributed by atoms with Crippen molar-refractivity contribution in [3.05, 3.63) is 53.6 Å². The minimum atomic E-state index is -0.221. The number of fused-ring (bicyclic) bond motifs is 1. The highest BCUT2D eigenvalue weighted by molar-refractivity contribution is 5.91. The molecule has 1 aliphatic heterocycles. The number of imidazole rings is 1. The number of carbonyl (C=O) groups is 1. The van der Waals surface area contributed by atoms with E-state index < -0.39 is 0 Å². The van der Waals surface area contributed by atoms with Crippen LogP contribution in [0.2, 0.25) is 0 Å². The van der Waals surface area contributed by atoms with E-state index >= 15 is 0 Å². The average Bonchev–Trinajstić information content (AvgIpc) is 3.06. The first kappa shape index (κ1) is 12.9. The topological polar surface area (TPSA) is 47.4 Å². The summed E-state index contributed by atoms with van der Waals surface area (Å²) in [5.41, 5.74) is 1.68. The molecule has 1 unspecified atom stereocenters. The summed E-state index contributed by atoms with van der Waals surface area (Å²) >= 11 is 0. The van der Waals surface area contributed by atoms with Crippen LogP contribution in [-0.4, -0.2) is 34.7 Å². The smallest absolute Gasteiger partial charge is 0.297 e. The monoisotopic (exact) mass is 271 g/mol. The summed E-state index contributed by atoms with van der Waals surface area (Å²) in [4.78, 5) is 21.5. The molecule has 1 aromatic heterocycles. The first-order chi connectivity index (χ1) is 9.70. The predicted octanol–water partition coefficient (Wildman–Crippen LogP) is 2.05. The molecule has 0 fully saturated rings. The van der Waals surface area contributed by atoms with Gasteiger partial charge in [-0.25, -0.2) is 10.0 Å². The molecule has 1 aromatic carbocycles. The Labute approximate surface area is 117 Å². The van der Waals surface area contributed by atoms with E-state index in [4.69, 9.17) is 4.84 Å². The lowest BCUT2D eigenvalue weighted by Crippen LogP contribution is -2.25. The van der Waals surface area contributed by atoms with Crippen molar-refractivity contribution in [1.82, 2.24) is 14.6 Å². The lowest BCUT2D eigenvalue weighted by molar-refractivity contribution is -0.0760. The summed E-state index contributed by atoms with van der Waals surface area (Å²) in [6.45, 7) is 0.895. The minimum absolute atomic E-state index is 0.221. The summed E-state index contributed by atoms with van der Waals surface area (Å²) in [6, 6.07) is 10.3.